The lowest BCUT2D eigenvalue weighted by atomic mass is 9.72. The van der Waals surface area contributed by atoms with Gasteiger partial charge in [-0.05, 0) is 104 Å². The standard InChI is InChI=1S/C54H61N3O25S5/c1-5-55-40-11-9-34-36(26-32(84(66,67)68)28-42(34)86(72,73)74)49(40)53(2,15-7-25-83(63,64)65)44(55)30-38-51(61)39(52(38)62)31-45-54(3,16-18-79-21-22-81-24-23-80-20-19-78-4)50-37-27-33(85(69,70)71)29-43(87(75,76)77)35(37)10-12-41(50)56(45)17-6-8-48(60)82-57-46(58)13-14-47(57)59/h9-12,26-31H,5-8,13-25H2,1-4H3,(H5-,61,62,63,64,65,66,67,68,69,70,71,72,73,74,75,76,77)/p-4. The average molecular weight is 1310 g/mol. The van der Waals surface area contributed by atoms with Crippen LogP contribution in [0.15, 0.2) is 103 Å². The number of hydroxylamine groups is 2. The molecule has 3 heterocycles. The fraction of sp³-hybridized carbons (Fsp3) is 0.426. The third kappa shape index (κ3) is 13.8. The maximum atomic E-state index is 14.9. The van der Waals surface area contributed by atoms with E-state index in [4.69, 9.17) is 23.8 Å². The first-order valence-corrected chi connectivity index (χ1v) is 33.9. The zero-order chi connectivity index (χ0) is 64.0. The number of ether oxygens (including phenoxy) is 4. The fourth-order valence-electron chi connectivity index (χ4n) is 11.4. The topological polar surface area (TPSA) is 430 Å². The molecule has 472 valence electrons. The number of anilines is 1. The number of methoxy groups -OCH3 is 1. The van der Waals surface area contributed by atoms with Gasteiger partial charge in [0.15, 0.2) is 5.71 Å². The van der Waals surface area contributed by atoms with E-state index in [0.717, 1.165) is 12.1 Å². The number of aliphatic hydroxyl groups is 1. The number of fused-ring (bicyclic) bond motifs is 6. The Morgan fingerprint density at radius 2 is 1.18 bits per heavy atom. The van der Waals surface area contributed by atoms with Crippen molar-refractivity contribution in [1.82, 2.24) is 5.06 Å². The lowest BCUT2D eigenvalue weighted by Gasteiger charge is -2.32. The first-order valence-electron chi connectivity index (χ1n) is 26.7. The molecule has 33 heteroatoms. The quantitative estimate of drug-likeness (QED) is 0.0281. The van der Waals surface area contributed by atoms with Crippen LogP contribution < -0.4 is 4.90 Å². The van der Waals surface area contributed by atoms with Crippen molar-refractivity contribution in [2.45, 2.75) is 96.1 Å². The highest BCUT2D eigenvalue weighted by atomic mass is 32.2. The van der Waals surface area contributed by atoms with E-state index in [1.807, 2.05) is 0 Å². The second-order valence-electron chi connectivity index (χ2n) is 21.0. The second-order valence-corrected chi connectivity index (χ2v) is 28.0. The number of carbonyl (C=O) groups is 4. The highest BCUT2D eigenvalue weighted by molar-refractivity contribution is 7.87. The third-order valence-electron chi connectivity index (χ3n) is 15.4. The zero-order valence-corrected chi connectivity index (χ0v) is 51.0. The van der Waals surface area contributed by atoms with Crippen LogP contribution in [0.3, 0.4) is 0 Å². The number of likely N-dealkylation sites (N-methyl/N-ethyl adjacent to an activating group) is 1. The number of aliphatic hydroxyl groups excluding tert-OH is 1. The molecule has 0 aromatic heterocycles. The summed E-state index contributed by atoms with van der Waals surface area (Å²) in [7, 11) is -25.4. The summed E-state index contributed by atoms with van der Waals surface area (Å²) >= 11 is 0. The van der Waals surface area contributed by atoms with E-state index in [-0.39, 0.29) is 134 Å². The van der Waals surface area contributed by atoms with Crippen molar-refractivity contribution in [3.63, 3.8) is 0 Å². The molecule has 1 aliphatic carbocycles. The number of Topliss-reactive ketones (excluding diaryl/α,β-unsaturated/α-hetero) is 1. The van der Waals surface area contributed by atoms with Crippen LogP contribution in [-0.2, 0) is 104 Å². The molecule has 4 aromatic carbocycles. The number of ketones is 1. The number of carbonyl (C=O) groups excluding carboxylic acids is 4. The van der Waals surface area contributed by atoms with Crippen LogP contribution in [-0.4, -0.2) is 181 Å². The predicted octanol–water partition coefficient (Wildman–Crippen LogP) is 2.77. The molecule has 2 atom stereocenters. The number of hydrogen-bond acceptors (Lipinski definition) is 26. The van der Waals surface area contributed by atoms with E-state index in [2.05, 4.69) is 0 Å². The highest BCUT2D eigenvalue weighted by Gasteiger charge is 2.52. The van der Waals surface area contributed by atoms with E-state index >= 15 is 0 Å². The summed E-state index contributed by atoms with van der Waals surface area (Å²) in [5.74, 6) is -5.04. The van der Waals surface area contributed by atoms with Crippen molar-refractivity contribution in [3.8, 4) is 0 Å². The molecule has 8 rings (SSSR count). The van der Waals surface area contributed by atoms with E-state index in [1.165, 1.54) is 55.0 Å². The van der Waals surface area contributed by atoms with Gasteiger partial charge in [0, 0.05) is 85.2 Å². The van der Waals surface area contributed by atoms with Crippen molar-refractivity contribution >= 4 is 113 Å². The monoisotopic (exact) mass is 1310 g/mol. The molecule has 4 aromatic rings. The normalized spacial score (nSPS) is 20.3. The Morgan fingerprint density at radius 3 is 1.69 bits per heavy atom. The van der Waals surface area contributed by atoms with Crippen LogP contribution in [0.4, 0.5) is 11.4 Å². The average Bonchev–Trinajstić information content (AvgIpc) is 1.60. The van der Waals surface area contributed by atoms with Crippen LogP contribution in [0, 0.1) is 0 Å². The summed E-state index contributed by atoms with van der Waals surface area (Å²) < 4.78 is 212. The Balaban J connectivity index is 1.30. The van der Waals surface area contributed by atoms with E-state index in [1.54, 1.807) is 18.7 Å². The van der Waals surface area contributed by atoms with Crippen LogP contribution >= 0.6 is 0 Å². The van der Waals surface area contributed by atoms with Gasteiger partial charge in [0.1, 0.15) is 52.8 Å². The number of imide groups is 1. The predicted molar refractivity (Wildman–Crippen MR) is 297 cm³/mol. The van der Waals surface area contributed by atoms with Gasteiger partial charge in [0.05, 0.1) is 92.3 Å². The minimum absolute atomic E-state index is 0.00876. The molecule has 0 radical (unpaired) electrons. The lowest BCUT2D eigenvalue weighted by Crippen LogP contribution is -2.35. The van der Waals surface area contributed by atoms with E-state index in [0.29, 0.717) is 30.4 Å². The molecular formula is C54H57N3O25S5-4. The van der Waals surface area contributed by atoms with Crippen LogP contribution in [0.5, 0.6) is 0 Å². The minimum Gasteiger partial charge on any atom is -0.748 e. The van der Waals surface area contributed by atoms with Gasteiger partial charge in [-0.3, -0.25) is 14.4 Å². The van der Waals surface area contributed by atoms with Crippen LogP contribution in [0.25, 0.3) is 21.5 Å². The van der Waals surface area contributed by atoms with Crippen molar-refractivity contribution in [2.24, 2.45) is 0 Å². The van der Waals surface area contributed by atoms with E-state index in [9.17, 15) is 89.1 Å². The molecule has 1 fully saturated rings. The highest BCUT2D eigenvalue weighted by Crippen LogP contribution is 2.55. The summed E-state index contributed by atoms with van der Waals surface area (Å²) in [4.78, 5) is 55.0. The summed E-state index contributed by atoms with van der Waals surface area (Å²) in [6.45, 7) is 5.42. The lowest BCUT2D eigenvalue weighted by molar-refractivity contribution is -0.438. The SMILES string of the molecule is CCN1/C(=C/C2=C(O)C(=C/C3=[N+](CCCC(=O)ON4C(=O)CCC4=O)c4ccc5c(S(=O)(=O)[O-])cc(S(=O)(=O)[O-])cc5c4C3(C)CCOCCOCCOCCOC)/C2=O)C(C)(CCCS(=O)(=O)[O-])c2c1ccc1c(S(=O)(=O)[O-])cc(S(=O)(=O)[O-])cc21. The van der Waals surface area contributed by atoms with Gasteiger partial charge < -0.3 is 56.6 Å². The Kier molecular flexibility index (Phi) is 19.3. The summed E-state index contributed by atoms with van der Waals surface area (Å²) in [6.07, 6.45) is 0.597. The number of amides is 2. The summed E-state index contributed by atoms with van der Waals surface area (Å²) in [5, 5.41) is 11.4. The van der Waals surface area contributed by atoms with Gasteiger partial charge in [-0.25, -0.2) is 46.9 Å². The number of allylic oxidation sites excluding steroid dienone is 5. The Morgan fingerprint density at radius 1 is 0.655 bits per heavy atom. The molecular weight excluding hydrogens is 1250 g/mol. The summed E-state index contributed by atoms with van der Waals surface area (Å²) in [5.41, 5.74) is -3.40. The number of nitrogens with zero attached hydrogens (tertiary/aromatic N) is 3. The molecule has 1 saturated heterocycles. The molecule has 0 saturated carbocycles. The molecule has 0 spiro atoms. The minimum atomic E-state index is -5.54. The number of rotatable bonds is 28. The van der Waals surface area contributed by atoms with Crippen molar-refractivity contribution in [1.29, 1.82) is 0 Å². The maximum absolute atomic E-state index is 14.9. The van der Waals surface area contributed by atoms with Gasteiger partial charge in [-0.2, -0.15) is 4.58 Å². The van der Waals surface area contributed by atoms with Crippen LogP contribution in [0.1, 0.15) is 76.8 Å². The molecule has 2 amide bonds. The summed E-state index contributed by atoms with van der Waals surface area (Å²) in [6, 6.07) is 7.67. The van der Waals surface area contributed by atoms with Crippen molar-refractivity contribution in [3.05, 3.63) is 94.4 Å². The van der Waals surface area contributed by atoms with Gasteiger partial charge >= 0.3 is 5.97 Å². The molecule has 87 heavy (non-hydrogen) atoms. The van der Waals surface area contributed by atoms with Gasteiger partial charge in [-0.15, -0.1) is 5.06 Å². The zero-order valence-electron chi connectivity index (χ0n) is 46.9. The van der Waals surface area contributed by atoms with Gasteiger partial charge in [0.25, 0.3) is 11.8 Å². The smallest absolute Gasteiger partial charge is 0.333 e. The van der Waals surface area contributed by atoms with Gasteiger partial charge in [-0.1, -0.05) is 6.07 Å². The largest absolute Gasteiger partial charge is 0.748 e. The molecule has 2 unspecified atom stereocenters. The van der Waals surface area contributed by atoms with Crippen molar-refractivity contribution < 1.29 is 117 Å². The maximum Gasteiger partial charge on any atom is 0.333 e. The number of hydrogen-bond donors (Lipinski definition) is 1. The fourth-order valence-corrected chi connectivity index (χ4v) is 14.6. The molecule has 0 bridgehead atoms. The third-order valence-corrected chi connectivity index (χ3v) is 19.6. The Labute approximate surface area is 500 Å². The van der Waals surface area contributed by atoms with Gasteiger partial charge in [0.2, 0.25) is 11.5 Å². The Hall–Kier alpha value is -6.44. The first-order chi connectivity index (χ1) is 40.6. The second kappa shape index (κ2) is 25.2. The molecule has 3 aliphatic heterocycles. The number of benzene rings is 4. The first kappa shape index (κ1) is 66.5. The van der Waals surface area contributed by atoms with Crippen LogP contribution in [0.2, 0.25) is 0 Å². The van der Waals surface area contributed by atoms with E-state index < -0.39 is 140 Å². The molecule has 4 aliphatic rings. The van der Waals surface area contributed by atoms with Crippen molar-refractivity contribution in [2.75, 3.05) is 77.1 Å². The molecule has 1 N–H and O–H groups in total. The Bertz CT molecular complexity index is 4260. The molecule has 28 nitrogen and oxygen atoms in total.